The van der Waals surface area contributed by atoms with Gasteiger partial charge in [0.25, 0.3) is 0 Å². The number of aromatic nitrogens is 4. The van der Waals surface area contributed by atoms with Gasteiger partial charge in [-0.25, -0.2) is 19.0 Å². The van der Waals surface area contributed by atoms with E-state index in [2.05, 4.69) is 15.1 Å². The zero-order valence-electron chi connectivity index (χ0n) is 9.22. The van der Waals surface area contributed by atoms with E-state index in [1.54, 1.807) is 29.1 Å². The second kappa shape index (κ2) is 4.34. The first-order valence-corrected chi connectivity index (χ1v) is 5.69. The molecule has 0 saturated heterocycles. The number of halogens is 2. The Labute approximate surface area is 107 Å². The second-order valence-corrected chi connectivity index (χ2v) is 4.18. The van der Waals surface area contributed by atoms with Crippen LogP contribution in [0.5, 0.6) is 0 Å². The summed E-state index contributed by atoms with van der Waals surface area (Å²) < 4.78 is 15.1. The molecule has 0 atom stereocenters. The van der Waals surface area contributed by atoms with Crippen LogP contribution in [0.2, 0.25) is 5.15 Å². The molecule has 90 valence electrons. The molecule has 0 radical (unpaired) electrons. The monoisotopic (exact) mass is 262 g/mol. The van der Waals surface area contributed by atoms with E-state index in [0.29, 0.717) is 23.3 Å². The normalized spacial score (nSPS) is 11.0. The molecule has 4 nitrogen and oxygen atoms in total. The molecule has 0 amide bonds. The van der Waals surface area contributed by atoms with Crippen molar-refractivity contribution in [3.8, 4) is 0 Å². The summed E-state index contributed by atoms with van der Waals surface area (Å²) in [5, 5.41) is 4.43. The van der Waals surface area contributed by atoms with E-state index < -0.39 is 0 Å². The maximum Gasteiger partial charge on any atom is 0.178 e. The average molecular weight is 263 g/mol. The van der Waals surface area contributed by atoms with Gasteiger partial charge in [-0.15, -0.1) is 0 Å². The Balaban J connectivity index is 2.05. The van der Waals surface area contributed by atoms with E-state index in [9.17, 15) is 4.39 Å². The van der Waals surface area contributed by atoms with Crippen molar-refractivity contribution < 1.29 is 4.39 Å². The first-order chi connectivity index (χ1) is 8.74. The Hall–Kier alpha value is -2.01. The molecule has 0 fully saturated rings. The number of hydrogen-bond donors (Lipinski definition) is 0. The van der Waals surface area contributed by atoms with Crippen LogP contribution in [-0.2, 0) is 6.54 Å². The Morgan fingerprint density at radius 2 is 2.06 bits per heavy atom. The lowest BCUT2D eigenvalue weighted by molar-refractivity contribution is 0.589. The fraction of sp³-hybridized carbons (Fsp3) is 0.0833. The maximum absolute atomic E-state index is 13.6. The van der Waals surface area contributed by atoms with Crippen LogP contribution in [-0.4, -0.2) is 19.7 Å². The summed E-state index contributed by atoms with van der Waals surface area (Å²) >= 11 is 5.79. The number of rotatable bonds is 2. The van der Waals surface area contributed by atoms with Gasteiger partial charge < -0.3 is 0 Å². The third-order valence-corrected chi connectivity index (χ3v) is 2.78. The molecule has 3 rings (SSSR count). The molecule has 0 bridgehead atoms. The van der Waals surface area contributed by atoms with Gasteiger partial charge in [-0.3, -0.25) is 0 Å². The van der Waals surface area contributed by atoms with Crippen LogP contribution in [0.25, 0.3) is 11.2 Å². The molecule has 2 heterocycles. The molecule has 18 heavy (non-hydrogen) atoms. The molecule has 0 aliphatic heterocycles. The molecular weight excluding hydrogens is 255 g/mol. The van der Waals surface area contributed by atoms with Crippen molar-refractivity contribution in [2.45, 2.75) is 6.54 Å². The maximum atomic E-state index is 13.6. The summed E-state index contributed by atoms with van der Waals surface area (Å²) in [7, 11) is 0. The van der Waals surface area contributed by atoms with Crippen molar-refractivity contribution in [2.24, 2.45) is 0 Å². The number of nitrogens with zero attached hydrogens (tertiary/aromatic N) is 4. The first-order valence-electron chi connectivity index (χ1n) is 5.31. The van der Waals surface area contributed by atoms with Crippen LogP contribution >= 0.6 is 11.6 Å². The van der Waals surface area contributed by atoms with Crippen molar-refractivity contribution in [3.05, 3.63) is 53.2 Å². The fourth-order valence-electron chi connectivity index (χ4n) is 1.73. The van der Waals surface area contributed by atoms with Gasteiger partial charge in [0.05, 0.1) is 18.9 Å². The third kappa shape index (κ3) is 1.93. The lowest BCUT2D eigenvalue weighted by Gasteiger charge is -2.04. The predicted molar refractivity (Wildman–Crippen MR) is 65.8 cm³/mol. The zero-order chi connectivity index (χ0) is 12.5. The standard InChI is InChI=1S/C12H8ClFN4/c13-11-6-15-10-5-16-18(12(10)17-11)7-8-3-1-2-4-9(8)14/h1-6H,7H2. The summed E-state index contributed by atoms with van der Waals surface area (Å²) in [6.07, 6.45) is 3.04. The SMILES string of the molecule is Fc1ccccc1Cn1ncc2ncc(Cl)nc21. The van der Waals surface area contributed by atoms with Gasteiger partial charge in [-0.1, -0.05) is 29.8 Å². The van der Waals surface area contributed by atoms with Crippen LogP contribution in [0.3, 0.4) is 0 Å². The highest BCUT2D eigenvalue weighted by Crippen LogP contribution is 2.14. The van der Waals surface area contributed by atoms with Gasteiger partial charge in [-0.05, 0) is 6.07 Å². The van der Waals surface area contributed by atoms with E-state index in [1.807, 2.05) is 0 Å². The highest BCUT2D eigenvalue weighted by molar-refractivity contribution is 6.29. The number of hydrogen-bond acceptors (Lipinski definition) is 3. The summed E-state index contributed by atoms with van der Waals surface area (Å²) in [4.78, 5) is 8.24. The van der Waals surface area contributed by atoms with Crippen LogP contribution in [0.1, 0.15) is 5.56 Å². The van der Waals surface area contributed by atoms with E-state index in [4.69, 9.17) is 11.6 Å². The van der Waals surface area contributed by atoms with Crippen LogP contribution < -0.4 is 0 Å². The Morgan fingerprint density at radius 1 is 1.22 bits per heavy atom. The minimum Gasteiger partial charge on any atom is -0.248 e. The predicted octanol–water partition coefficient (Wildman–Crippen LogP) is 2.67. The highest BCUT2D eigenvalue weighted by Gasteiger charge is 2.08. The van der Waals surface area contributed by atoms with Gasteiger partial charge >= 0.3 is 0 Å². The molecule has 1 aromatic carbocycles. The average Bonchev–Trinajstić information content (AvgIpc) is 2.75. The second-order valence-electron chi connectivity index (χ2n) is 3.80. The summed E-state index contributed by atoms with van der Waals surface area (Å²) in [5.41, 5.74) is 1.73. The molecule has 3 aromatic rings. The van der Waals surface area contributed by atoms with Crippen molar-refractivity contribution in [1.82, 2.24) is 19.7 Å². The van der Waals surface area contributed by atoms with Gasteiger partial charge in [-0.2, -0.15) is 5.10 Å². The lowest BCUT2D eigenvalue weighted by Crippen LogP contribution is -2.04. The summed E-state index contributed by atoms with van der Waals surface area (Å²) in [6.45, 7) is 0.297. The lowest BCUT2D eigenvalue weighted by atomic mass is 10.2. The minimum absolute atomic E-state index is 0.267. The third-order valence-electron chi connectivity index (χ3n) is 2.59. The minimum atomic E-state index is -0.267. The molecule has 6 heteroatoms. The summed E-state index contributed by atoms with van der Waals surface area (Å²) in [6, 6.07) is 6.56. The van der Waals surface area contributed by atoms with Crippen LogP contribution in [0.4, 0.5) is 4.39 Å². The molecule has 0 N–H and O–H groups in total. The number of benzene rings is 1. The molecule has 0 spiro atoms. The van der Waals surface area contributed by atoms with E-state index in [-0.39, 0.29) is 11.0 Å². The van der Waals surface area contributed by atoms with Crippen LogP contribution in [0.15, 0.2) is 36.7 Å². The molecular formula is C12H8ClFN4. The van der Waals surface area contributed by atoms with Crippen LogP contribution in [0, 0.1) is 5.82 Å². The zero-order valence-corrected chi connectivity index (χ0v) is 9.97. The molecule has 0 aliphatic rings. The van der Waals surface area contributed by atoms with E-state index >= 15 is 0 Å². The highest BCUT2D eigenvalue weighted by atomic mass is 35.5. The summed E-state index contributed by atoms with van der Waals surface area (Å²) in [5.74, 6) is -0.267. The molecule has 0 unspecified atom stereocenters. The van der Waals surface area contributed by atoms with Gasteiger partial charge in [0.15, 0.2) is 5.65 Å². The quantitative estimate of drug-likeness (QED) is 0.713. The fourth-order valence-corrected chi connectivity index (χ4v) is 1.86. The van der Waals surface area contributed by atoms with Gasteiger partial charge in [0.1, 0.15) is 16.5 Å². The Bertz CT molecular complexity index is 710. The molecule has 0 aliphatic carbocycles. The topological polar surface area (TPSA) is 43.6 Å². The molecule has 0 saturated carbocycles. The smallest absolute Gasteiger partial charge is 0.178 e. The van der Waals surface area contributed by atoms with Crippen molar-refractivity contribution >= 4 is 22.8 Å². The van der Waals surface area contributed by atoms with Gasteiger partial charge in [0, 0.05) is 5.56 Å². The van der Waals surface area contributed by atoms with E-state index in [1.165, 1.54) is 12.3 Å². The Morgan fingerprint density at radius 3 is 2.89 bits per heavy atom. The van der Waals surface area contributed by atoms with E-state index in [0.717, 1.165) is 0 Å². The van der Waals surface area contributed by atoms with Crippen molar-refractivity contribution in [3.63, 3.8) is 0 Å². The largest absolute Gasteiger partial charge is 0.248 e. The van der Waals surface area contributed by atoms with Gasteiger partial charge in [0.2, 0.25) is 0 Å². The first kappa shape index (κ1) is 11.1. The van der Waals surface area contributed by atoms with Crippen molar-refractivity contribution in [2.75, 3.05) is 0 Å². The number of fused-ring (bicyclic) bond motifs is 1. The Kier molecular flexibility index (Phi) is 2.68. The molecule has 2 aromatic heterocycles. The van der Waals surface area contributed by atoms with Crippen molar-refractivity contribution in [1.29, 1.82) is 0 Å².